The summed E-state index contributed by atoms with van der Waals surface area (Å²) >= 11 is 5.73. The fraction of sp³-hybridized carbons (Fsp3) is 0.286. The van der Waals surface area contributed by atoms with E-state index in [2.05, 4.69) is 16.0 Å². The van der Waals surface area contributed by atoms with Crippen LogP contribution < -0.4 is 5.32 Å². The van der Waals surface area contributed by atoms with Crippen LogP contribution >= 0.6 is 11.6 Å². The fourth-order valence-corrected chi connectivity index (χ4v) is 1.47. The van der Waals surface area contributed by atoms with Crippen LogP contribution in [0.25, 0.3) is 0 Å². The summed E-state index contributed by atoms with van der Waals surface area (Å²) < 4.78 is 4.68. The van der Waals surface area contributed by atoms with Gasteiger partial charge in [-0.1, -0.05) is 17.5 Å². The van der Waals surface area contributed by atoms with E-state index in [1.807, 2.05) is 0 Å². The summed E-state index contributed by atoms with van der Waals surface area (Å²) in [6.07, 6.45) is 5.79. The summed E-state index contributed by atoms with van der Waals surface area (Å²) in [5.41, 5.74) is 0.671. The Morgan fingerprint density at radius 2 is 1.95 bits per heavy atom. The molecule has 0 aromatic heterocycles. The van der Waals surface area contributed by atoms with Crippen LogP contribution in [0.1, 0.15) is 19.3 Å². The van der Waals surface area contributed by atoms with E-state index >= 15 is 0 Å². The lowest BCUT2D eigenvalue weighted by Crippen LogP contribution is -2.12. The lowest BCUT2D eigenvalue weighted by molar-refractivity contribution is -0.142. The van der Waals surface area contributed by atoms with Crippen LogP contribution in [0.4, 0.5) is 5.69 Å². The Labute approximate surface area is 117 Å². The average molecular weight is 280 g/mol. The first-order valence-corrected chi connectivity index (χ1v) is 6.14. The third-order valence-electron chi connectivity index (χ3n) is 2.23. The van der Waals surface area contributed by atoms with E-state index in [1.165, 1.54) is 0 Å². The van der Waals surface area contributed by atoms with Gasteiger partial charge >= 0.3 is 5.97 Å². The number of rotatable bonds is 6. The zero-order valence-corrected chi connectivity index (χ0v) is 11.1. The maximum Gasteiger partial charge on any atom is 0.306 e. The van der Waals surface area contributed by atoms with Crippen LogP contribution in [-0.2, 0) is 14.3 Å². The van der Waals surface area contributed by atoms with Crippen LogP contribution in [0.2, 0.25) is 5.02 Å². The second-order valence-electron chi connectivity index (χ2n) is 3.77. The molecule has 0 spiro atoms. The van der Waals surface area contributed by atoms with Gasteiger partial charge in [0.05, 0.1) is 0 Å². The summed E-state index contributed by atoms with van der Waals surface area (Å²) in [5, 5.41) is 3.31. The molecular weight excluding hydrogens is 266 g/mol. The summed E-state index contributed by atoms with van der Waals surface area (Å²) in [4.78, 5) is 22.7. The first-order chi connectivity index (χ1) is 9.11. The van der Waals surface area contributed by atoms with Gasteiger partial charge in [0.15, 0.2) is 6.61 Å². The molecule has 0 bridgehead atoms. The Kier molecular flexibility index (Phi) is 6.48. The predicted octanol–water partition coefficient (Wildman–Crippen LogP) is 2.63. The number of esters is 1. The van der Waals surface area contributed by atoms with Gasteiger partial charge in [0, 0.05) is 23.6 Å². The molecule has 0 fully saturated rings. The monoisotopic (exact) mass is 279 g/mol. The Balaban J connectivity index is 2.23. The Bertz CT molecular complexity index is 476. The SMILES string of the molecule is C#CCOC(=O)CCCC(=O)Nc1ccc(Cl)cc1. The molecule has 1 N–H and O–H groups in total. The molecule has 0 aliphatic heterocycles. The Hall–Kier alpha value is -1.99. The van der Waals surface area contributed by atoms with Gasteiger partial charge in [0.1, 0.15) is 0 Å². The second kappa shape index (κ2) is 8.17. The van der Waals surface area contributed by atoms with Crippen molar-refractivity contribution in [3.05, 3.63) is 29.3 Å². The number of benzene rings is 1. The minimum absolute atomic E-state index is 0.0319. The van der Waals surface area contributed by atoms with Crippen LogP contribution in [0.15, 0.2) is 24.3 Å². The normalized spacial score (nSPS) is 9.47. The van der Waals surface area contributed by atoms with Crippen molar-refractivity contribution in [3.8, 4) is 12.3 Å². The minimum Gasteiger partial charge on any atom is -0.452 e. The van der Waals surface area contributed by atoms with E-state index in [0.717, 1.165) is 0 Å². The first kappa shape index (κ1) is 15.1. The molecule has 1 aromatic rings. The number of anilines is 1. The highest BCUT2D eigenvalue weighted by molar-refractivity contribution is 6.30. The maximum atomic E-state index is 11.6. The summed E-state index contributed by atoms with van der Waals surface area (Å²) in [6, 6.07) is 6.80. The summed E-state index contributed by atoms with van der Waals surface area (Å²) in [7, 11) is 0. The molecule has 1 rings (SSSR count). The summed E-state index contributed by atoms with van der Waals surface area (Å²) in [6.45, 7) is -0.0319. The van der Waals surface area contributed by atoms with Gasteiger partial charge in [0.2, 0.25) is 5.91 Å². The smallest absolute Gasteiger partial charge is 0.306 e. The van der Waals surface area contributed by atoms with E-state index in [1.54, 1.807) is 24.3 Å². The van der Waals surface area contributed by atoms with Gasteiger partial charge < -0.3 is 10.1 Å². The number of amides is 1. The average Bonchev–Trinajstić information content (AvgIpc) is 2.39. The molecule has 0 aliphatic rings. The van der Waals surface area contributed by atoms with Crippen molar-refractivity contribution in [1.82, 2.24) is 0 Å². The number of hydrogen-bond acceptors (Lipinski definition) is 3. The van der Waals surface area contributed by atoms with Gasteiger partial charge in [0.25, 0.3) is 0 Å². The molecule has 1 amide bonds. The highest BCUT2D eigenvalue weighted by Gasteiger charge is 2.06. The van der Waals surface area contributed by atoms with Crippen LogP contribution in [0, 0.1) is 12.3 Å². The van der Waals surface area contributed by atoms with Crippen LogP contribution in [0.3, 0.4) is 0 Å². The van der Waals surface area contributed by atoms with Gasteiger partial charge in [-0.2, -0.15) is 0 Å². The third kappa shape index (κ3) is 6.49. The van der Waals surface area contributed by atoms with Gasteiger partial charge in [-0.25, -0.2) is 0 Å². The van der Waals surface area contributed by atoms with Crippen molar-refractivity contribution in [2.45, 2.75) is 19.3 Å². The second-order valence-corrected chi connectivity index (χ2v) is 4.21. The van der Waals surface area contributed by atoms with Crippen molar-refractivity contribution in [2.24, 2.45) is 0 Å². The third-order valence-corrected chi connectivity index (χ3v) is 2.48. The molecule has 0 unspecified atom stereocenters. The number of carbonyl (C=O) groups is 2. The number of halogens is 1. The van der Waals surface area contributed by atoms with Crippen LogP contribution in [0.5, 0.6) is 0 Å². The molecule has 0 heterocycles. The van der Waals surface area contributed by atoms with Gasteiger partial charge in [-0.3, -0.25) is 9.59 Å². The molecular formula is C14H14ClNO3. The quantitative estimate of drug-likeness (QED) is 0.643. The molecule has 0 radical (unpaired) electrons. The van der Waals surface area contributed by atoms with Gasteiger partial charge in [-0.15, -0.1) is 6.42 Å². The number of carbonyl (C=O) groups excluding carboxylic acids is 2. The van der Waals surface area contributed by atoms with Gasteiger partial charge in [-0.05, 0) is 30.7 Å². The van der Waals surface area contributed by atoms with E-state index in [0.29, 0.717) is 17.1 Å². The zero-order chi connectivity index (χ0) is 14.1. The molecule has 19 heavy (non-hydrogen) atoms. The lowest BCUT2D eigenvalue weighted by atomic mass is 10.2. The van der Waals surface area contributed by atoms with E-state index in [4.69, 9.17) is 18.0 Å². The van der Waals surface area contributed by atoms with Crippen molar-refractivity contribution in [2.75, 3.05) is 11.9 Å². The predicted molar refractivity (Wildman–Crippen MR) is 73.7 cm³/mol. The fourth-order valence-electron chi connectivity index (χ4n) is 1.34. The van der Waals surface area contributed by atoms with Crippen molar-refractivity contribution in [3.63, 3.8) is 0 Å². The molecule has 100 valence electrons. The van der Waals surface area contributed by atoms with Crippen molar-refractivity contribution in [1.29, 1.82) is 0 Å². The number of hydrogen-bond donors (Lipinski definition) is 1. The number of terminal acetylenes is 1. The Morgan fingerprint density at radius 1 is 1.26 bits per heavy atom. The van der Waals surface area contributed by atoms with E-state index in [9.17, 15) is 9.59 Å². The highest BCUT2D eigenvalue weighted by Crippen LogP contribution is 2.13. The highest BCUT2D eigenvalue weighted by atomic mass is 35.5. The first-order valence-electron chi connectivity index (χ1n) is 5.76. The molecule has 0 atom stereocenters. The van der Waals surface area contributed by atoms with E-state index in [-0.39, 0.29) is 25.4 Å². The van der Waals surface area contributed by atoms with E-state index < -0.39 is 5.97 Å². The minimum atomic E-state index is -0.391. The zero-order valence-electron chi connectivity index (χ0n) is 10.3. The topological polar surface area (TPSA) is 55.4 Å². The largest absolute Gasteiger partial charge is 0.452 e. The molecule has 0 aliphatic carbocycles. The lowest BCUT2D eigenvalue weighted by Gasteiger charge is -2.05. The maximum absolute atomic E-state index is 11.6. The standard InChI is InChI=1S/C14H14ClNO3/c1-2-10-19-14(18)5-3-4-13(17)16-12-8-6-11(15)7-9-12/h1,6-9H,3-5,10H2,(H,16,17). The van der Waals surface area contributed by atoms with Crippen LogP contribution in [-0.4, -0.2) is 18.5 Å². The number of ether oxygens (including phenoxy) is 1. The molecule has 5 heteroatoms. The molecule has 0 saturated carbocycles. The van der Waals surface area contributed by atoms with Crippen molar-refractivity contribution >= 4 is 29.2 Å². The Morgan fingerprint density at radius 3 is 2.58 bits per heavy atom. The molecule has 1 aromatic carbocycles. The summed E-state index contributed by atoms with van der Waals surface area (Å²) in [5.74, 6) is 1.65. The molecule has 4 nitrogen and oxygen atoms in total. The van der Waals surface area contributed by atoms with Crippen molar-refractivity contribution < 1.29 is 14.3 Å². The molecule has 0 saturated heterocycles. The number of nitrogens with one attached hydrogen (secondary N) is 1.